The van der Waals surface area contributed by atoms with Gasteiger partial charge in [0.05, 0.1) is 6.61 Å². The van der Waals surface area contributed by atoms with Crippen molar-refractivity contribution < 1.29 is 14.3 Å². The number of hydrogen-bond acceptors (Lipinski definition) is 3. The Kier molecular flexibility index (Phi) is 5.53. The van der Waals surface area contributed by atoms with Crippen molar-refractivity contribution in [3.63, 3.8) is 0 Å². The fourth-order valence-corrected chi connectivity index (χ4v) is 2.80. The molecule has 0 aliphatic carbocycles. The Bertz CT molecular complexity index is 889. The zero-order valence-corrected chi connectivity index (χ0v) is 14.5. The van der Waals surface area contributed by atoms with E-state index < -0.39 is 12.1 Å². The fraction of sp³-hybridized carbons (Fsp3) is 0.200. The van der Waals surface area contributed by atoms with Gasteiger partial charge in [0, 0.05) is 29.2 Å². The molecule has 0 aliphatic heterocycles. The van der Waals surface area contributed by atoms with Gasteiger partial charge < -0.3 is 20.4 Å². The van der Waals surface area contributed by atoms with Crippen LogP contribution in [0.3, 0.4) is 0 Å². The number of aromatic nitrogens is 1. The lowest BCUT2D eigenvalue weighted by atomic mass is 10.0. The molecule has 2 aromatic carbocycles. The molecule has 1 aromatic heterocycles. The second-order valence-corrected chi connectivity index (χ2v) is 5.84. The Balaban J connectivity index is 1.80. The monoisotopic (exact) mass is 351 g/mol. The number of para-hydroxylation sites is 2. The molecule has 2 amide bonds. The lowest BCUT2D eigenvalue weighted by Gasteiger charge is -2.18. The van der Waals surface area contributed by atoms with Gasteiger partial charge in [-0.05, 0) is 30.7 Å². The van der Waals surface area contributed by atoms with Gasteiger partial charge in [-0.1, -0.05) is 36.4 Å². The van der Waals surface area contributed by atoms with Gasteiger partial charge >= 0.3 is 6.09 Å². The minimum absolute atomic E-state index is 0.242. The zero-order chi connectivity index (χ0) is 18.4. The number of amides is 2. The Morgan fingerprint density at radius 2 is 1.81 bits per heavy atom. The molecule has 0 radical (unpaired) electrons. The van der Waals surface area contributed by atoms with Crippen LogP contribution in [-0.4, -0.2) is 29.6 Å². The molecule has 6 nitrogen and oxygen atoms in total. The molecule has 0 aliphatic rings. The molecule has 3 aromatic rings. The summed E-state index contributed by atoms with van der Waals surface area (Å²) in [7, 11) is 0. The van der Waals surface area contributed by atoms with Crippen LogP contribution >= 0.6 is 0 Å². The molecule has 3 N–H and O–H groups in total. The predicted molar refractivity (Wildman–Crippen MR) is 101 cm³/mol. The van der Waals surface area contributed by atoms with Crippen molar-refractivity contribution in [2.45, 2.75) is 19.4 Å². The Morgan fingerprint density at radius 1 is 1.08 bits per heavy atom. The van der Waals surface area contributed by atoms with Crippen LogP contribution < -0.4 is 10.6 Å². The van der Waals surface area contributed by atoms with E-state index in [2.05, 4.69) is 15.6 Å². The lowest BCUT2D eigenvalue weighted by Crippen LogP contribution is -2.45. The third-order valence-corrected chi connectivity index (χ3v) is 4.02. The molecule has 1 atom stereocenters. The van der Waals surface area contributed by atoms with Crippen LogP contribution in [0.2, 0.25) is 0 Å². The normalized spacial score (nSPS) is 11.7. The van der Waals surface area contributed by atoms with E-state index in [1.54, 1.807) is 19.1 Å². The standard InChI is InChI=1S/C20H21N3O3/c1-2-26-20(25)23-18(19(24)22-15-8-4-3-5-9-15)12-14-13-21-17-11-7-6-10-16(14)17/h3-11,13,18,21H,2,12H2,1H3,(H,22,24)(H,23,25)/t18-/m1/s1. The van der Waals surface area contributed by atoms with E-state index in [1.807, 2.05) is 48.7 Å². The largest absolute Gasteiger partial charge is 0.450 e. The highest BCUT2D eigenvalue weighted by Crippen LogP contribution is 2.19. The molecule has 26 heavy (non-hydrogen) atoms. The molecule has 0 spiro atoms. The number of rotatable bonds is 6. The molecule has 1 heterocycles. The molecule has 3 rings (SSSR count). The van der Waals surface area contributed by atoms with Crippen LogP contribution in [0.25, 0.3) is 10.9 Å². The first-order valence-electron chi connectivity index (χ1n) is 8.51. The first-order chi connectivity index (χ1) is 12.7. The number of carbonyl (C=O) groups is 2. The van der Waals surface area contributed by atoms with E-state index in [0.29, 0.717) is 12.1 Å². The number of fused-ring (bicyclic) bond motifs is 1. The third-order valence-electron chi connectivity index (χ3n) is 4.02. The summed E-state index contributed by atoms with van der Waals surface area (Å²) in [6.45, 7) is 1.96. The van der Waals surface area contributed by atoms with E-state index in [9.17, 15) is 9.59 Å². The van der Waals surface area contributed by atoms with Crippen molar-refractivity contribution in [2.75, 3.05) is 11.9 Å². The molecule has 134 valence electrons. The van der Waals surface area contributed by atoms with Gasteiger partial charge in [0.1, 0.15) is 6.04 Å². The van der Waals surface area contributed by atoms with Crippen molar-refractivity contribution in [1.82, 2.24) is 10.3 Å². The Hall–Kier alpha value is -3.28. The van der Waals surface area contributed by atoms with Crippen molar-refractivity contribution in [2.24, 2.45) is 0 Å². The first-order valence-corrected chi connectivity index (χ1v) is 8.51. The number of carbonyl (C=O) groups excluding carboxylic acids is 2. The SMILES string of the molecule is CCOC(=O)N[C@H](Cc1c[nH]c2ccccc12)C(=O)Nc1ccccc1. The third kappa shape index (κ3) is 4.22. The average molecular weight is 351 g/mol. The Morgan fingerprint density at radius 3 is 2.58 bits per heavy atom. The number of ether oxygens (including phenoxy) is 1. The topological polar surface area (TPSA) is 83.2 Å². The Labute approximate surface area is 151 Å². The van der Waals surface area contributed by atoms with Gasteiger partial charge in [0.2, 0.25) is 5.91 Å². The number of benzene rings is 2. The van der Waals surface area contributed by atoms with Gasteiger partial charge in [0.15, 0.2) is 0 Å². The van der Waals surface area contributed by atoms with Crippen LogP contribution in [0.15, 0.2) is 60.8 Å². The average Bonchev–Trinajstić information content (AvgIpc) is 3.05. The number of H-pyrrole nitrogens is 1. The van der Waals surface area contributed by atoms with Crippen LogP contribution in [-0.2, 0) is 16.0 Å². The summed E-state index contributed by atoms with van der Waals surface area (Å²) in [5, 5.41) is 6.51. The van der Waals surface area contributed by atoms with Crippen LogP contribution in [0.1, 0.15) is 12.5 Å². The van der Waals surface area contributed by atoms with Crippen molar-refractivity contribution in [3.05, 3.63) is 66.4 Å². The quantitative estimate of drug-likeness (QED) is 0.636. The molecule has 0 saturated heterocycles. The fourth-order valence-electron chi connectivity index (χ4n) is 2.80. The lowest BCUT2D eigenvalue weighted by molar-refractivity contribution is -0.118. The number of aromatic amines is 1. The van der Waals surface area contributed by atoms with Crippen molar-refractivity contribution in [3.8, 4) is 0 Å². The second-order valence-electron chi connectivity index (χ2n) is 5.84. The number of nitrogens with one attached hydrogen (secondary N) is 3. The summed E-state index contributed by atoms with van der Waals surface area (Å²) in [6, 6.07) is 16.2. The number of hydrogen-bond donors (Lipinski definition) is 3. The molecular formula is C20H21N3O3. The summed E-state index contributed by atoms with van der Waals surface area (Å²) >= 11 is 0. The summed E-state index contributed by atoms with van der Waals surface area (Å²) in [5.74, 6) is -0.297. The molecule has 0 unspecified atom stereocenters. The summed E-state index contributed by atoms with van der Waals surface area (Å²) in [6.07, 6.45) is 1.60. The van der Waals surface area contributed by atoms with Crippen LogP contribution in [0, 0.1) is 0 Å². The molecule has 6 heteroatoms. The summed E-state index contributed by atoms with van der Waals surface area (Å²) in [4.78, 5) is 27.8. The minimum Gasteiger partial charge on any atom is -0.450 e. The first kappa shape index (κ1) is 17.5. The molecular weight excluding hydrogens is 330 g/mol. The maximum atomic E-state index is 12.7. The molecule has 0 bridgehead atoms. The molecule has 0 saturated carbocycles. The zero-order valence-electron chi connectivity index (χ0n) is 14.5. The van der Waals surface area contributed by atoms with E-state index >= 15 is 0 Å². The molecule has 0 fully saturated rings. The number of alkyl carbamates (subject to hydrolysis) is 1. The second kappa shape index (κ2) is 8.20. The number of anilines is 1. The highest BCUT2D eigenvalue weighted by Gasteiger charge is 2.23. The van der Waals surface area contributed by atoms with Gasteiger partial charge in [0.25, 0.3) is 0 Å². The maximum Gasteiger partial charge on any atom is 0.407 e. The minimum atomic E-state index is -0.756. The van der Waals surface area contributed by atoms with E-state index in [0.717, 1.165) is 16.5 Å². The predicted octanol–water partition coefficient (Wildman–Crippen LogP) is 3.46. The van der Waals surface area contributed by atoms with Crippen LogP contribution in [0.5, 0.6) is 0 Å². The highest BCUT2D eigenvalue weighted by molar-refractivity contribution is 5.97. The summed E-state index contributed by atoms with van der Waals surface area (Å²) in [5.41, 5.74) is 2.61. The van der Waals surface area contributed by atoms with Gasteiger partial charge in [-0.25, -0.2) is 4.79 Å². The van der Waals surface area contributed by atoms with E-state index in [4.69, 9.17) is 4.74 Å². The smallest absolute Gasteiger partial charge is 0.407 e. The van der Waals surface area contributed by atoms with Crippen molar-refractivity contribution in [1.29, 1.82) is 0 Å². The van der Waals surface area contributed by atoms with Crippen molar-refractivity contribution >= 4 is 28.6 Å². The highest BCUT2D eigenvalue weighted by atomic mass is 16.5. The van der Waals surface area contributed by atoms with Gasteiger partial charge in [-0.15, -0.1) is 0 Å². The van der Waals surface area contributed by atoms with Gasteiger partial charge in [-0.2, -0.15) is 0 Å². The maximum absolute atomic E-state index is 12.7. The van der Waals surface area contributed by atoms with Gasteiger partial charge in [-0.3, -0.25) is 4.79 Å². The van der Waals surface area contributed by atoms with E-state index in [-0.39, 0.29) is 12.5 Å². The van der Waals surface area contributed by atoms with E-state index in [1.165, 1.54) is 0 Å². The summed E-state index contributed by atoms with van der Waals surface area (Å²) < 4.78 is 4.94. The van der Waals surface area contributed by atoms with Crippen LogP contribution in [0.4, 0.5) is 10.5 Å².